The van der Waals surface area contributed by atoms with Gasteiger partial charge in [0.1, 0.15) is 0 Å². The number of hydrogen-bond donors (Lipinski definition) is 1. The van der Waals surface area contributed by atoms with Crippen molar-refractivity contribution in [3.05, 3.63) is 12.2 Å². The number of rotatable bonds is 3. The Hall–Kier alpha value is -0.340. The van der Waals surface area contributed by atoms with Crippen LogP contribution in [0.5, 0.6) is 0 Å². The lowest BCUT2D eigenvalue weighted by molar-refractivity contribution is -0.135. The average molecular weight is 198 g/mol. The minimum absolute atomic E-state index is 0.333. The van der Waals surface area contributed by atoms with Gasteiger partial charge in [-0.15, -0.1) is 0 Å². The molecule has 1 N–H and O–H groups in total. The van der Waals surface area contributed by atoms with Crippen molar-refractivity contribution >= 4 is 0 Å². The van der Waals surface area contributed by atoms with Crippen molar-refractivity contribution in [1.82, 2.24) is 0 Å². The van der Waals surface area contributed by atoms with Crippen LogP contribution in [0.4, 0.5) is 0 Å². The van der Waals surface area contributed by atoms with Crippen molar-refractivity contribution in [2.45, 2.75) is 51.7 Å². The molecular formula is C12H22O2. The molecule has 0 aromatic rings. The van der Waals surface area contributed by atoms with E-state index in [0.717, 1.165) is 19.3 Å². The molecule has 2 nitrogen and oxygen atoms in total. The van der Waals surface area contributed by atoms with Gasteiger partial charge in [-0.3, -0.25) is 0 Å². The first-order valence-electron chi connectivity index (χ1n) is 5.47. The van der Waals surface area contributed by atoms with Crippen LogP contribution in [0.25, 0.3) is 0 Å². The molecule has 0 spiro atoms. The highest BCUT2D eigenvalue weighted by molar-refractivity contribution is 5.03. The predicted molar refractivity (Wildman–Crippen MR) is 58.2 cm³/mol. The zero-order chi connectivity index (χ0) is 10.8. The number of ether oxygens (including phenoxy) is 1. The Morgan fingerprint density at radius 2 is 2.29 bits per heavy atom. The first-order chi connectivity index (χ1) is 6.49. The summed E-state index contributed by atoms with van der Waals surface area (Å²) in [6.07, 6.45) is 2.46. The maximum absolute atomic E-state index is 10.0. The zero-order valence-corrected chi connectivity index (χ0v) is 9.55. The maximum atomic E-state index is 10.0. The van der Waals surface area contributed by atoms with Gasteiger partial charge in [0, 0.05) is 6.61 Å². The molecule has 1 rings (SSSR count). The molecule has 0 heterocycles. The molecule has 1 aliphatic rings. The lowest BCUT2D eigenvalue weighted by Gasteiger charge is -2.41. The van der Waals surface area contributed by atoms with Crippen molar-refractivity contribution < 1.29 is 9.84 Å². The molecule has 1 saturated carbocycles. The normalized spacial score (nSPS) is 38.3. The SMILES string of the molecule is C=C(C)C1CCC(C)(OCC)C(O)C1. The van der Waals surface area contributed by atoms with Crippen LogP contribution in [-0.2, 0) is 4.74 Å². The zero-order valence-electron chi connectivity index (χ0n) is 9.55. The Kier molecular flexibility index (Phi) is 3.73. The van der Waals surface area contributed by atoms with E-state index in [1.807, 2.05) is 20.8 Å². The molecule has 3 unspecified atom stereocenters. The topological polar surface area (TPSA) is 29.5 Å². The summed E-state index contributed by atoms with van der Waals surface area (Å²) in [7, 11) is 0. The molecule has 3 atom stereocenters. The van der Waals surface area contributed by atoms with Gasteiger partial charge in [0.15, 0.2) is 0 Å². The van der Waals surface area contributed by atoms with Crippen molar-refractivity contribution in [2.24, 2.45) is 5.92 Å². The highest BCUT2D eigenvalue weighted by atomic mass is 16.5. The van der Waals surface area contributed by atoms with Gasteiger partial charge >= 0.3 is 0 Å². The third-order valence-corrected chi connectivity index (χ3v) is 3.37. The second-order valence-electron chi connectivity index (χ2n) is 4.58. The second kappa shape index (κ2) is 4.45. The number of hydrogen-bond acceptors (Lipinski definition) is 2. The van der Waals surface area contributed by atoms with Crippen LogP contribution < -0.4 is 0 Å². The first kappa shape index (κ1) is 11.7. The van der Waals surface area contributed by atoms with Gasteiger partial charge in [0.25, 0.3) is 0 Å². The van der Waals surface area contributed by atoms with Crippen molar-refractivity contribution in [2.75, 3.05) is 6.61 Å². The molecule has 0 aliphatic heterocycles. The third-order valence-electron chi connectivity index (χ3n) is 3.37. The highest BCUT2D eigenvalue weighted by Crippen LogP contribution is 2.37. The molecule has 2 heteroatoms. The van der Waals surface area contributed by atoms with E-state index >= 15 is 0 Å². The van der Waals surface area contributed by atoms with Gasteiger partial charge in [-0.1, -0.05) is 12.2 Å². The third kappa shape index (κ3) is 2.37. The van der Waals surface area contributed by atoms with E-state index in [2.05, 4.69) is 6.58 Å². The van der Waals surface area contributed by atoms with Crippen LogP contribution in [0.15, 0.2) is 12.2 Å². The van der Waals surface area contributed by atoms with E-state index in [9.17, 15) is 5.11 Å². The monoisotopic (exact) mass is 198 g/mol. The van der Waals surface area contributed by atoms with Crippen molar-refractivity contribution in [3.8, 4) is 0 Å². The van der Waals surface area contributed by atoms with E-state index < -0.39 is 0 Å². The van der Waals surface area contributed by atoms with Crippen LogP contribution in [0.1, 0.15) is 40.0 Å². The summed E-state index contributed by atoms with van der Waals surface area (Å²) >= 11 is 0. The first-order valence-corrected chi connectivity index (χ1v) is 5.47. The summed E-state index contributed by atoms with van der Waals surface area (Å²) in [5.74, 6) is 0.471. The molecular weight excluding hydrogens is 176 g/mol. The average Bonchev–Trinajstić information content (AvgIpc) is 2.10. The van der Waals surface area contributed by atoms with Gasteiger partial charge in [0.05, 0.1) is 11.7 Å². The van der Waals surface area contributed by atoms with Crippen molar-refractivity contribution in [3.63, 3.8) is 0 Å². The number of aliphatic hydroxyl groups excluding tert-OH is 1. The van der Waals surface area contributed by atoms with E-state index in [0.29, 0.717) is 12.5 Å². The Bertz CT molecular complexity index is 212. The Morgan fingerprint density at radius 1 is 1.64 bits per heavy atom. The van der Waals surface area contributed by atoms with Crippen LogP contribution in [0, 0.1) is 5.92 Å². The fraction of sp³-hybridized carbons (Fsp3) is 0.833. The molecule has 0 radical (unpaired) electrons. The number of aliphatic hydroxyl groups is 1. The van der Waals surface area contributed by atoms with Gasteiger partial charge in [-0.05, 0) is 46.0 Å². The van der Waals surface area contributed by atoms with E-state index in [4.69, 9.17) is 4.74 Å². The Labute approximate surface area is 87.0 Å². The fourth-order valence-electron chi connectivity index (χ4n) is 2.21. The van der Waals surface area contributed by atoms with Crippen molar-refractivity contribution in [1.29, 1.82) is 0 Å². The molecule has 1 fully saturated rings. The van der Waals surface area contributed by atoms with Gasteiger partial charge in [-0.2, -0.15) is 0 Å². The molecule has 0 aromatic carbocycles. The van der Waals surface area contributed by atoms with Crippen LogP contribution in [-0.4, -0.2) is 23.4 Å². The molecule has 82 valence electrons. The van der Waals surface area contributed by atoms with E-state index in [-0.39, 0.29) is 11.7 Å². The molecule has 1 aliphatic carbocycles. The van der Waals surface area contributed by atoms with Gasteiger partial charge in [-0.25, -0.2) is 0 Å². The summed E-state index contributed by atoms with van der Waals surface area (Å²) < 4.78 is 5.63. The van der Waals surface area contributed by atoms with Gasteiger partial charge in [0.2, 0.25) is 0 Å². The maximum Gasteiger partial charge on any atom is 0.0912 e. The second-order valence-corrected chi connectivity index (χ2v) is 4.58. The predicted octanol–water partition coefficient (Wildman–Crippen LogP) is 2.52. The molecule has 0 saturated heterocycles. The highest BCUT2D eigenvalue weighted by Gasteiger charge is 2.39. The summed E-state index contributed by atoms with van der Waals surface area (Å²) in [5.41, 5.74) is 0.850. The van der Waals surface area contributed by atoms with Crippen LogP contribution in [0.2, 0.25) is 0 Å². The largest absolute Gasteiger partial charge is 0.390 e. The lowest BCUT2D eigenvalue weighted by Crippen LogP contribution is -2.46. The van der Waals surface area contributed by atoms with Gasteiger partial charge < -0.3 is 9.84 Å². The van der Waals surface area contributed by atoms with E-state index in [1.54, 1.807) is 0 Å². The Balaban J connectivity index is 2.59. The molecule has 14 heavy (non-hydrogen) atoms. The van der Waals surface area contributed by atoms with Crippen LogP contribution >= 0.6 is 0 Å². The summed E-state index contributed by atoms with van der Waals surface area (Å²) in [5, 5.41) is 10.0. The van der Waals surface area contributed by atoms with E-state index in [1.165, 1.54) is 5.57 Å². The minimum Gasteiger partial charge on any atom is -0.390 e. The quantitative estimate of drug-likeness (QED) is 0.706. The minimum atomic E-state index is -0.349. The van der Waals surface area contributed by atoms with Crippen LogP contribution in [0.3, 0.4) is 0 Å². The standard InChI is InChI=1S/C12H22O2/c1-5-14-12(4)7-6-10(9(2)3)8-11(12)13/h10-11,13H,2,5-8H2,1,3-4H3. The molecule has 0 bridgehead atoms. The smallest absolute Gasteiger partial charge is 0.0912 e. The number of allylic oxidation sites excluding steroid dienone is 1. The summed E-state index contributed by atoms with van der Waals surface area (Å²) in [4.78, 5) is 0. The fourth-order valence-corrected chi connectivity index (χ4v) is 2.21. The molecule has 0 aromatic heterocycles. The summed E-state index contributed by atoms with van der Waals surface area (Å²) in [6.45, 7) is 10.7. The lowest BCUT2D eigenvalue weighted by atomic mass is 9.75. The molecule has 0 amide bonds. The Morgan fingerprint density at radius 3 is 2.71 bits per heavy atom. The summed E-state index contributed by atoms with van der Waals surface area (Å²) in [6, 6.07) is 0.